The van der Waals surface area contributed by atoms with E-state index in [1.165, 1.54) is 0 Å². The summed E-state index contributed by atoms with van der Waals surface area (Å²) in [5.74, 6) is 0.614. The SMILES string of the molecule is NCCC1(O)CCc2cc(Cl)oc21. The normalized spacial score (nSPS) is 26.4. The second-order valence-corrected chi connectivity index (χ2v) is 3.85. The van der Waals surface area contributed by atoms with E-state index in [9.17, 15) is 5.11 Å². The minimum absolute atomic E-state index is 0.347. The van der Waals surface area contributed by atoms with E-state index < -0.39 is 5.60 Å². The standard InChI is InChI=1S/C9H12ClNO2/c10-7-5-6-1-2-9(12,3-4-11)8(6)13-7/h5,12H,1-4,11H2. The molecule has 1 unspecified atom stereocenters. The molecule has 2 rings (SSSR count). The fraction of sp³-hybridized carbons (Fsp3) is 0.556. The maximum Gasteiger partial charge on any atom is 0.193 e. The molecule has 1 atom stereocenters. The summed E-state index contributed by atoms with van der Waals surface area (Å²) in [5.41, 5.74) is 5.56. The van der Waals surface area contributed by atoms with E-state index in [0.717, 1.165) is 12.0 Å². The summed E-state index contributed by atoms with van der Waals surface area (Å²) < 4.78 is 5.25. The van der Waals surface area contributed by atoms with Crippen molar-refractivity contribution in [3.05, 3.63) is 22.6 Å². The highest BCUT2D eigenvalue weighted by atomic mass is 35.5. The molecule has 1 aliphatic rings. The number of furan rings is 1. The van der Waals surface area contributed by atoms with Crippen molar-refractivity contribution in [2.45, 2.75) is 24.9 Å². The van der Waals surface area contributed by atoms with Gasteiger partial charge in [-0.3, -0.25) is 0 Å². The minimum Gasteiger partial charge on any atom is -0.446 e. The van der Waals surface area contributed by atoms with E-state index >= 15 is 0 Å². The number of halogens is 1. The summed E-state index contributed by atoms with van der Waals surface area (Å²) in [5, 5.41) is 10.5. The van der Waals surface area contributed by atoms with Crippen LogP contribution in [0.2, 0.25) is 5.22 Å². The van der Waals surface area contributed by atoms with Crippen LogP contribution in [-0.4, -0.2) is 11.7 Å². The zero-order valence-corrected chi connectivity index (χ0v) is 7.97. The Kier molecular flexibility index (Phi) is 2.10. The predicted octanol–water partition coefficient (Wildman–Crippen LogP) is 1.42. The van der Waals surface area contributed by atoms with Gasteiger partial charge in [0, 0.05) is 0 Å². The summed E-state index contributed by atoms with van der Waals surface area (Å²) in [6.07, 6.45) is 2.04. The number of hydrogen-bond acceptors (Lipinski definition) is 3. The Morgan fingerprint density at radius 2 is 2.46 bits per heavy atom. The quantitative estimate of drug-likeness (QED) is 0.761. The Hall–Kier alpha value is -0.510. The van der Waals surface area contributed by atoms with Gasteiger partial charge in [-0.25, -0.2) is 0 Å². The van der Waals surface area contributed by atoms with E-state index in [2.05, 4.69) is 0 Å². The number of aliphatic hydroxyl groups is 1. The van der Waals surface area contributed by atoms with Gasteiger partial charge in [0.15, 0.2) is 5.22 Å². The van der Waals surface area contributed by atoms with E-state index in [1.54, 1.807) is 6.07 Å². The molecule has 0 spiro atoms. The monoisotopic (exact) mass is 201 g/mol. The topological polar surface area (TPSA) is 59.4 Å². The van der Waals surface area contributed by atoms with Gasteiger partial charge in [-0.1, -0.05) is 0 Å². The third-order valence-electron chi connectivity index (χ3n) is 2.57. The molecule has 4 heteroatoms. The Labute approximate surface area is 81.5 Å². The molecular weight excluding hydrogens is 190 g/mol. The van der Waals surface area contributed by atoms with Crippen LogP contribution in [0.5, 0.6) is 0 Å². The number of rotatable bonds is 2. The summed E-state index contributed by atoms with van der Waals surface area (Å²) in [7, 11) is 0. The van der Waals surface area contributed by atoms with Crippen LogP contribution in [0.25, 0.3) is 0 Å². The van der Waals surface area contributed by atoms with E-state index in [-0.39, 0.29) is 0 Å². The molecule has 3 N–H and O–H groups in total. The molecule has 0 saturated heterocycles. The predicted molar refractivity (Wildman–Crippen MR) is 49.6 cm³/mol. The van der Waals surface area contributed by atoms with Crippen LogP contribution in [0.3, 0.4) is 0 Å². The molecule has 1 aliphatic carbocycles. The molecule has 0 bridgehead atoms. The van der Waals surface area contributed by atoms with Crippen molar-refractivity contribution in [3.8, 4) is 0 Å². The summed E-state index contributed by atoms with van der Waals surface area (Å²) in [4.78, 5) is 0. The first kappa shape index (κ1) is 9.06. The Bertz CT molecular complexity index is 323. The molecule has 1 heterocycles. The molecule has 0 fully saturated rings. The van der Waals surface area contributed by atoms with Gasteiger partial charge in [-0.05, 0) is 49.0 Å². The van der Waals surface area contributed by atoms with Crippen molar-refractivity contribution in [1.82, 2.24) is 0 Å². The van der Waals surface area contributed by atoms with Crippen molar-refractivity contribution in [2.75, 3.05) is 6.54 Å². The average molecular weight is 202 g/mol. The van der Waals surface area contributed by atoms with Gasteiger partial charge in [-0.15, -0.1) is 0 Å². The highest BCUT2D eigenvalue weighted by Gasteiger charge is 2.39. The Morgan fingerprint density at radius 3 is 3.15 bits per heavy atom. The first-order chi connectivity index (χ1) is 6.15. The fourth-order valence-electron chi connectivity index (χ4n) is 1.91. The molecular formula is C9H12ClNO2. The van der Waals surface area contributed by atoms with E-state index in [0.29, 0.717) is 30.4 Å². The second-order valence-electron chi connectivity index (χ2n) is 3.48. The summed E-state index contributed by atoms with van der Waals surface area (Å²) in [6.45, 7) is 0.453. The van der Waals surface area contributed by atoms with Crippen LogP contribution in [-0.2, 0) is 12.0 Å². The molecule has 0 aromatic carbocycles. The van der Waals surface area contributed by atoms with Crippen molar-refractivity contribution >= 4 is 11.6 Å². The lowest BCUT2D eigenvalue weighted by Crippen LogP contribution is -2.25. The van der Waals surface area contributed by atoms with Crippen molar-refractivity contribution in [1.29, 1.82) is 0 Å². The van der Waals surface area contributed by atoms with Crippen LogP contribution in [0.1, 0.15) is 24.2 Å². The number of fused-ring (bicyclic) bond motifs is 1. The van der Waals surface area contributed by atoms with Crippen molar-refractivity contribution in [3.63, 3.8) is 0 Å². The van der Waals surface area contributed by atoms with Gasteiger partial charge in [0.25, 0.3) is 0 Å². The molecule has 3 nitrogen and oxygen atoms in total. The zero-order chi connectivity index (χ0) is 9.47. The lowest BCUT2D eigenvalue weighted by Gasteiger charge is -2.20. The first-order valence-corrected chi connectivity index (χ1v) is 4.75. The highest BCUT2D eigenvalue weighted by molar-refractivity contribution is 6.28. The largest absolute Gasteiger partial charge is 0.446 e. The van der Waals surface area contributed by atoms with Crippen molar-refractivity contribution < 1.29 is 9.52 Å². The van der Waals surface area contributed by atoms with Crippen LogP contribution in [0.15, 0.2) is 10.5 Å². The maximum absolute atomic E-state index is 10.1. The van der Waals surface area contributed by atoms with Gasteiger partial charge >= 0.3 is 0 Å². The molecule has 13 heavy (non-hydrogen) atoms. The zero-order valence-electron chi connectivity index (χ0n) is 7.22. The van der Waals surface area contributed by atoms with Crippen LogP contribution in [0.4, 0.5) is 0 Å². The summed E-state index contributed by atoms with van der Waals surface area (Å²) in [6, 6.07) is 1.77. The molecule has 0 aliphatic heterocycles. The lowest BCUT2D eigenvalue weighted by molar-refractivity contribution is 0.0118. The fourth-order valence-corrected chi connectivity index (χ4v) is 2.12. The van der Waals surface area contributed by atoms with Gasteiger partial charge in [0.1, 0.15) is 11.4 Å². The van der Waals surface area contributed by atoms with Gasteiger partial charge in [0.2, 0.25) is 0 Å². The second kappa shape index (κ2) is 3.01. The minimum atomic E-state index is -0.878. The van der Waals surface area contributed by atoms with Gasteiger partial charge < -0.3 is 15.3 Å². The first-order valence-electron chi connectivity index (χ1n) is 4.37. The maximum atomic E-state index is 10.1. The lowest BCUT2D eigenvalue weighted by atomic mass is 9.98. The smallest absolute Gasteiger partial charge is 0.193 e. The summed E-state index contributed by atoms with van der Waals surface area (Å²) >= 11 is 5.70. The third-order valence-corrected chi connectivity index (χ3v) is 2.75. The molecule has 1 aromatic heterocycles. The Balaban J connectivity index is 2.35. The third kappa shape index (κ3) is 1.37. The van der Waals surface area contributed by atoms with E-state index in [1.807, 2.05) is 0 Å². The van der Waals surface area contributed by atoms with Gasteiger partial charge in [0.05, 0.1) is 0 Å². The van der Waals surface area contributed by atoms with Crippen LogP contribution >= 0.6 is 11.6 Å². The molecule has 0 radical (unpaired) electrons. The highest BCUT2D eigenvalue weighted by Crippen LogP contribution is 2.41. The average Bonchev–Trinajstić information content (AvgIpc) is 2.54. The number of nitrogens with two attached hydrogens (primary N) is 1. The molecule has 0 saturated carbocycles. The molecule has 0 amide bonds. The van der Waals surface area contributed by atoms with Crippen LogP contribution in [0, 0.1) is 0 Å². The molecule has 72 valence electrons. The van der Waals surface area contributed by atoms with Crippen molar-refractivity contribution in [2.24, 2.45) is 5.73 Å². The number of aryl methyl sites for hydroxylation is 1. The molecule has 1 aromatic rings. The van der Waals surface area contributed by atoms with E-state index in [4.69, 9.17) is 21.8 Å². The number of hydrogen-bond donors (Lipinski definition) is 2. The Morgan fingerprint density at radius 1 is 1.69 bits per heavy atom. The van der Waals surface area contributed by atoms with Gasteiger partial charge in [-0.2, -0.15) is 0 Å². The van der Waals surface area contributed by atoms with Crippen LogP contribution < -0.4 is 5.73 Å².